The van der Waals surface area contributed by atoms with Gasteiger partial charge in [0, 0.05) is 13.1 Å². The Morgan fingerprint density at radius 3 is 2.88 bits per heavy atom. The van der Waals surface area contributed by atoms with Gasteiger partial charge in [-0.15, -0.1) is 5.10 Å². The van der Waals surface area contributed by atoms with Gasteiger partial charge in [-0.05, 0) is 36.2 Å². The molecule has 5 heteroatoms. The molecule has 0 aliphatic carbocycles. The van der Waals surface area contributed by atoms with Crippen LogP contribution >= 0.6 is 23.6 Å². The third-order valence-electron chi connectivity index (χ3n) is 3.05. The van der Waals surface area contributed by atoms with Crippen molar-refractivity contribution in [1.29, 1.82) is 0 Å². The second-order valence-electron chi connectivity index (χ2n) is 4.19. The number of hydrogen-bond donors (Lipinski definition) is 1. The maximum atomic E-state index is 5.09. The van der Waals surface area contributed by atoms with E-state index < -0.39 is 0 Å². The molecule has 0 bridgehead atoms. The van der Waals surface area contributed by atoms with Crippen LogP contribution < -0.4 is 4.90 Å². The third-order valence-corrected chi connectivity index (χ3v) is 4.20. The summed E-state index contributed by atoms with van der Waals surface area (Å²) >= 11 is 6.64. The van der Waals surface area contributed by atoms with Crippen molar-refractivity contribution < 1.29 is 0 Å². The summed E-state index contributed by atoms with van der Waals surface area (Å²) in [5, 5.41) is 8.13. The highest BCUT2D eigenvalue weighted by molar-refractivity contribution is 7.73. The van der Waals surface area contributed by atoms with Crippen molar-refractivity contribution in [1.82, 2.24) is 10.2 Å². The number of H-pyrrole nitrogens is 1. The molecule has 0 spiro atoms. The van der Waals surface area contributed by atoms with Crippen LogP contribution in [0.4, 0.5) is 5.13 Å². The van der Waals surface area contributed by atoms with Gasteiger partial charge in [0.05, 0.1) is 0 Å². The number of benzene rings is 1. The Balaban J connectivity index is 1.92. The van der Waals surface area contributed by atoms with Crippen LogP contribution in [0.15, 0.2) is 24.3 Å². The van der Waals surface area contributed by atoms with E-state index in [1.54, 1.807) is 11.3 Å². The van der Waals surface area contributed by atoms with Gasteiger partial charge in [0.1, 0.15) is 0 Å². The third kappa shape index (κ3) is 2.25. The lowest BCUT2D eigenvalue weighted by atomic mass is 10.0. The molecule has 1 aliphatic rings. The highest BCUT2D eigenvalue weighted by Crippen LogP contribution is 2.25. The van der Waals surface area contributed by atoms with Gasteiger partial charge in [0.2, 0.25) is 5.13 Å². The monoisotopic (exact) mass is 263 g/mol. The van der Waals surface area contributed by atoms with Crippen molar-refractivity contribution in [2.45, 2.75) is 19.4 Å². The van der Waals surface area contributed by atoms with Crippen LogP contribution in [0.3, 0.4) is 0 Å². The van der Waals surface area contributed by atoms with E-state index in [-0.39, 0.29) is 0 Å². The first kappa shape index (κ1) is 10.9. The minimum Gasteiger partial charge on any atom is -0.342 e. The molecule has 1 aromatic heterocycles. The van der Waals surface area contributed by atoms with Crippen molar-refractivity contribution in [2.24, 2.45) is 0 Å². The SMILES string of the molecule is S=c1[nH]nc(N2CCCc3ccccc3C2)s1. The first-order chi connectivity index (χ1) is 8.33. The summed E-state index contributed by atoms with van der Waals surface area (Å²) in [4.78, 5) is 2.31. The maximum absolute atomic E-state index is 5.09. The molecule has 88 valence electrons. The second-order valence-corrected chi connectivity index (χ2v) is 5.83. The van der Waals surface area contributed by atoms with Crippen molar-refractivity contribution in [2.75, 3.05) is 11.4 Å². The van der Waals surface area contributed by atoms with Crippen molar-refractivity contribution in [3.05, 3.63) is 39.3 Å². The predicted octanol–water partition coefficient (Wildman–Crippen LogP) is 3.15. The molecule has 0 saturated carbocycles. The maximum Gasteiger partial charge on any atom is 0.207 e. The van der Waals surface area contributed by atoms with E-state index >= 15 is 0 Å². The summed E-state index contributed by atoms with van der Waals surface area (Å²) in [6, 6.07) is 8.66. The van der Waals surface area contributed by atoms with E-state index in [9.17, 15) is 0 Å². The van der Waals surface area contributed by atoms with Crippen molar-refractivity contribution >= 4 is 28.7 Å². The molecule has 0 atom stereocenters. The van der Waals surface area contributed by atoms with Gasteiger partial charge in [0.25, 0.3) is 0 Å². The first-order valence-electron chi connectivity index (χ1n) is 5.70. The Bertz CT molecular complexity index is 573. The Morgan fingerprint density at radius 1 is 1.29 bits per heavy atom. The fraction of sp³-hybridized carbons (Fsp3) is 0.333. The number of rotatable bonds is 1. The van der Waals surface area contributed by atoms with E-state index in [0.29, 0.717) is 0 Å². The fourth-order valence-electron chi connectivity index (χ4n) is 2.22. The van der Waals surface area contributed by atoms with Gasteiger partial charge in [-0.25, -0.2) is 0 Å². The molecule has 2 heterocycles. The van der Waals surface area contributed by atoms with Gasteiger partial charge >= 0.3 is 0 Å². The number of aromatic nitrogens is 2. The van der Waals surface area contributed by atoms with Crippen LogP contribution in [0.25, 0.3) is 0 Å². The van der Waals surface area contributed by atoms with Crippen LogP contribution in [-0.4, -0.2) is 16.7 Å². The molecular weight excluding hydrogens is 250 g/mol. The topological polar surface area (TPSA) is 31.9 Å². The number of anilines is 1. The second kappa shape index (κ2) is 4.58. The zero-order chi connectivity index (χ0) is 11.7. The number of aromatic amines is 1. The molecule has 1 N–H and O–H groups in total. The highest BCUT2D eigenvalue weighted by Gasteiger charge is 2.16. The molecule has 3 rings (SSSR count). The Hall–Kier alpha value is -1.20. The van der Waals surface area contributed by atoms with Gasteiger partial charge < -0.3 is 4.90 Å². The van der Waals surface area contributed by atoms with Crippen LogP contribution in [0, 0.1) is 3.95 Å². The lowest BCUT2D eigenvalue weighted by Crippen LogP contribution is -2.22. The molecule has 0 amide bonds. The summed E-state index contributed by atoms with van der Waals surface area (Å²) < 4.78 is 0.748. The Kier molecular flexibility index (Phi) is 2.94. The van der Waals surface area contributed by atoms with Crippen LogP contribution in [0.5, 0.6) is 0 Å². The number of nitrogens with zero attached hydrogens (tertiary/aromatic N) is 2. The van der Waals surface area contributed by atoms with E-state index in [0.717, 1.165) is 28.6 Å². The Morgan fingerprint density at radius 2 is 2.12 bits per heavy atom. The molecule has 0 fully saturated rings. The zero-order valence-electron chi connectivity index (χ0n) is 9.35. The molecular formula is C12H13N3S2. The summed E-state index contributed by atoms with van der Waals surface area (Å²) in [5.74, 6) is 0. The quantitative estimate of drug-likeness (QED) is 0.802. The van der Waals surface area contributed by atoms with Crippen LogP contribution in [-0.2, 0) is 13.0 Å². The average molecular weight is 263 g/mol. The largest absolute Gasteiger partial charge is 0.342 e. The van der Waals surface area contributed by atoms with E-state index in [4.69, 9.17) is 12.2 Å². The first-order valence-corrected chi connectivity index (χ1v) is 6.92. The van der Waals surface area contributed by atoms with Gasteiger partial charge in [-0.3, -0.25) is 5.10 Å². The zero-order valence-corrected chi connectivity index (χ0v) is 11.0. The van der Waals surface area contributed by atoms with Crippen LogP contribution in [0.1, 0.15) is 17.5 Å². The molecule has 17 heavy (non-hydrogen) atoms. The standard InChI is InChI=1S/C12H13N3S2/c16-12-14-13-11(17-12)15-7-3-6-9-4-1-2-5-10(9)8-15/h1-2,4-5H,3,6-8H2,(H,14,16). The summed E-state index contributed by atoms with van der Waals surface area (Å²) in [6.45, 7) is 1.98. The number of fused-ring (bicyclic) bond motifs is 1. The van der Waals surface area contributed by atoms with Gasteiger partial charge in [-0.2, -0.15) is 0 Å². The Labute approximate surface area is 109 Å². The van der Waals surface area contributed by atoms with E-state index in [1.807, 2.05) is 0 Å². The summed E-state index contributed by atoms with van der Waals surface area (Å²) in [5.41, 5.74) is 2.88. The number of nitrogens with one attached hydrogen (secondary N) is 1. The lowest BCUT2D eigenvalue weighted by molar-refractivity contribution is 0.757. The smallest absolute Gasteiger partial charge is 0.207 e. The van der Waals surface area contributed by atoms with E-state index in [1.165, 1.54) is 17.5 Å². The van der Waals surface area contributed by atoms with Gasteiger partial charge in [-0.1, -0.05) is 35.6 Å². The molecule has 0 unspecified atom stereocenters. The molecule has 3 nitrogen and oxygen atoms in total. The van der Waals surface area contributed by atoms with Crippen molar-refractivity contribution in [3.8, 4) is 0 Å². The van der Waals surface area contributed by atoms with Crippen molar-refractivity contribution in [3.63, 3.8) is 0 Å². The molecule has 1 aliphatic heterocycles. The summed E-state index contributed by atoms with van der Waals surface area (Å²) in [6.07, 6.45) is 2.33. The van der Waals surface area contributed by atoms with Gasteiger partial charge in [0.15, 0.2) is 3.95 Å². The summed E-state index contributed by atoms with van der Waals surface area (Å²) in [7, 11) is 0. The average Bonchev–Trinajstić information content (AvgIpc) is 2.65. The minimum atomic E-state index is 0.748. The normalized spacial score (nSPS) is 15.4. The fourth-order valence-corrected chi connectivity index (χ4v) is 3.12. The molecule has 0 radical (unpaired) electrons. The van der Waals surface area contributed by atoms with E-state index in [2.05, 4.69) is 39.4 Å². The number of hydrogen-bond acceptors (Lipinski definition) is 4. The molecule has 2 aromatic rings. The molecule has 0 saturated heterocycles. The number of aryl methyl sites for hydroxylation is 1. The predicted molar refractivity (Wildman–Crippen MR) is 73.1 cm³/mol. The molecule has 1 aromatic carbocycles. The van der Waals surface area contributed by atoms with Crippen LogP contribution in [0.2, 0.25) is 0 Å². The minimum absolute atomic E-state index is 0.748. The lowest BCUT2D eigenvalue weighted by Gasteiger charge is -2.18. The highest BCUT2D eigenvalue weighted by atomic mass is 32.1.